The molecule has 0 radical (unpaired) electrons. The van der Waals surface area contributed by atoms with Gasteiger partial charge in [0.2, 0.25) is 0 Å². The fourth-order valence-electron chi connectivity index (χ4n) is 2.10. The van der Waals surface area contributed by atoms with E-state index in [-0.39, 0.29) is 21.9 Å². The van der Waals surface area contributed by atoms with Crippen LogP contribution in [-0.2, 0) is 15.4 Å². The molecule has 0 unspecified atom stereocenters. The molecule has 0 saturated carbocycles. The summed E-state index contributed by atoms with van der Waals surface area (Å²) in [4.78, 5) is 3.55. The average molecular weight is 344 g/mol. The van der Waals surface area contributed by atoms with Crippen LogP contribution in [0.1, 0.15) is 32.2 Å². The van der Waals surface area contributed by atoms with Crippen molar-refractivity contribution in [1.82, 2.24) is 8.96 Å². The molecule has 0 spiro atoms. The second-order valence-electron chi connectivity index (χ2n) is 6.07. The summed E-state index contributed by atoms with van der Waals surface area (Å²) in [6.07, 6.45) is 2.59. The SMILES string of the molecule is Cc1nccn1S(=O)(=O)c1cc(C(C)(C)C)ccc1OC(F)F. The molecule has 0 saturated heterocycles. The molecule has 0 aliphatic heterocycles. The minimum Gasteiger partial charge on any atom is -0.433 e. The van der Waals surface area contributed by atoms with Crippen molar-refractivity contribution in [2.24, 2.45) is 0 Å². The van der Waals surface area contributed by atoms with Crippen molar-refractivity contribution in [2.45, 2.75) is 44.6 Å². The first kappa shape index (κ1) is 17.4. The van der Waals surface area contributed by atoms with E-state index in [0.717, 1.165) is 3.97 Å². The Kier molecular flexibility index (Phi) is 4.48. The van der Waals surface area contributed by atoms with Crippen LogP contribution in [0.15, 0.2) is 35.5 Å². The smallest absolute Gasteiger partial charge is 0.387 e. The molecular formula is C15H18F2N2O3S. The van der Waals surface area contributed by atoms with Crippen molar-refractivity contribution in [3.8, 4) is 5.75 Å². The van der Waals surface area contributed by atoms with Crippen molar-refractivity contribution in [1.29, 1.82) is 0 Å². The maximum atomic E-state index is 12.8. The molecule has 1 aromatic carbocycles. The van der Waals surface area contributed by atoms with E-state index >= 15 is 0 Å². The maximum absolute atomic E-state index is 12.8. The number of benzene rings is 1. The molecule has 1 heterocycles. The molecule has 0 bridgehead atoms. The molecule has 2 aromatic rings. The van der Waals surface area contributed by atoms with Gasteiger partial charge < -0.3 is 4.74 Å². The topological polar surface area (TPSA) is 61.2 Å². The summed E-state index contributed by atoms with van der Waals surface area (Å²) in [6.45, 7) is 4.09. The van der Waals surface area contributed by atoms with Gasteiger partial charge in [0, 0.05) is 12.4 Å². The first-order valence-electron chi connectivity index (χ1n) is 6.88. The van der Waals surface area contributed by atoms with E-state index < -0.39 is 16.6 Å². The van der Waals surface area contributed by atoms with E-state index in [4.69, 9.17) is 0 Å². The third kappa shape index (κ3) is 3.52. The normalized spacial score (nSPS) is 12.7. The molecule has 0 atom stereocenters. The van der Waals surface area contributed by atoms with Crippen LogP contribution in [0.5, 0.6) is 5.75 Å². The molecule has 126 valence electrons. The fraction of sp³-hybridized carbons (Fsp3) is 0.400. The molecule has 8 heteroatoms. The van der Waals surface area contributed by atoms with Crippen LogP contribution in [-0.4, -0.2) is 24.0 Å². The van der Waals surface area contributed by atoms with Crippen LogP contribution in [0, 0.1) is 6.92 Å². The predicted octanol–water partition coefficient (Wildman–Crippen LogP) is 3.33. The van der Waals surface area contributed by atoms with E-state index in [9.17, 15) is 17.2 Å². The number of aryl methyl sites for hydroxylation is 1. The minimum absolute atomic E-state index is 0.231. The zero-order valence-corrected chi connectivity index (χ0v) is 14.1. The molecule has 0 amide bonds. The third-order valence-electron chi connectivity index (χ3n) is 3.35. The summed E-state index contributed by atoms with van der Waals surface area (Å²) in [5.41, 5.74) is 0.341. The fourth-order valence-corrected chi connectivity index (χ4v) is 3.56. The van der Waals surface area contributed by atoms with Crippen LogP contribution < -0.4 is 4.74 Å². The standard InChI is InChI=1S/C15H18F2N2O3S/c1-10-18-7-8-19(10)23(20,21)13-9-11(15(2,3)4)5-6-12(13)22-14(16)17/h5-9,14H,1-4H3. The van der Waals surface area contributed by atoms with Crippen molar-refractivity contribution < 1.29 is 21.9 Å². The van der Waals surface area contributed by atoms with E-state index in [1.54, 1.807) is 6.07 Å². The van der Waals surface area contributed by atoms with Crippen molar-refractivity contribution >= 4 is 10.0 Å². The summed E-state index contributed by atoms with van der Waals surface area (Å²) >= 11 is 0. The van der Waals surface area contributed by atoms with Crippen molar-refractivity contribution in [2.75, 3.05) is 0 Å². The number of rotatable bonds is 4. The predicted molar refractivity (Wildman–Crippen MR) is 81.3 cm³/mol. The summed E-state index contributed by atoms with van der Waals surface area (Å²) < 4.78 is 56.1. The van der Waals surface area contributed by atoms with Gasteiger partial charge in [-0.3, -0.25) is 0 Å². The van der Waals surface area contributed by atoms with E-state index in [1.807, 2.05) is 20.8 Å². The quantitative estimate of drug-likeness (QED) is 0.853. The third-order valence-corrected chi connectivity index (χ3v) is 5.12. The van der Waals surface area contributed by atoms with Gasteiger partial charge >= 0.3 is 6.61 Å². The monoisotopic (exact) mass is 344 g/mol. The number of hydrogen-bond donors (Lipinski definition) is 0. The Morgan fingerprint density at radius 3 is 2.39 bits per heavy atom. The summed E-state index contributed by atoms with van der Waals surface area (Å²) in [7, 11) is -4.09. The molecule has 5 nitrogen and oxygen atoms in total. The highest BCUT2D eigenvalue weighted by molar-refractivity contribution is 7.90. The Morgan fingerprint density at radius 2 is 1.91 bits per heavy atom. The number of alkyl halides is 2. The number of imidazole rings is 1. The van der Waals surface area contributed by atoms with Gasteiger partial charge in [0.1, 0.15) is 16.5 Å². The lowest BCUT2D eigenvalue weighted by molar-refractivity contribution is -0.0517. The van der Waals surface area contributed by atoms with Crippen LogP contribution >= 0.6 is 0 Å². The number of nitrogens with zero attached hydrogens (tertiary/aromatic N) is 2. The van der Waals surface area contributed by atoms with Gasteiger partial charge in [0.15, 0.2) is 0 Å². The summed E-state index contributed by atoms with van der Waals surface area (Å²) in [6, 6.07) is 4.20. The van der Waals surface area contributed by atoms with Gasteiger partial charge in [0.25, 0.3) is 10.0 Å². The first-order valence-corrected chi connectivity index (χ1v) is 8.32. The Morgan fingerprint density at radius 1 is 1.26 bits per heavy atom. The highest BCUT2D eigenvalue weighted by Gasteiger charge is 2.27. The Hall–Kier alpha value is -1.96. The zero-order chi connectivity index (χ0) is 17.4. The second-order valence-corrected chi connectivity index (χ2v) is 7.85. The van der Waals surface area contributed by atoms with E-state index in [0.29, 0.717) is 5.56 Å². The van der Waals surface area contributed by atoms with Gasteiger partial charge in [-0.05, 0) is 30.0 Å². The lowest BCUT2D eigenvalue weighted by Crippen LogP contribution is -2.18. The average Bonchev–Trinajstić information content (AvgIpc) is 2.84. The lowest BCUT2D eigenvalue weighted by Gasteiger charge is -2.21. The Balaban J connectivity index is 2.69. The summed E-state index contributed by atoms with van der Waals surface area (Å²) in [5, 5.41) is 0. The lowest BCUT2D eigenvalue weighted by atomic mass is 9.87. The molecule has 0 fully saturated rings. The summed E-state index contributed by atoms with van der Waals surface area (Å²) in [5.74, 6) is -0.157. The van der Waals surface area contributed by atoms with Gasteiger partial charge in [-0.15, -0.1) is 0 Å². The van der Waals surface area contributed by atoms with E-state index in [2.05, 4.69) is 9.72 Å². The highest BCUT2D eigenvalue weighted by atomic mass is 32.2. The molecule has 0 aliphatic rings. The molecular weight excluding hydrogens is 326 g/mol. The number of halogens is 2. The van der Waals surface area contributed by atoms with Crippen LogP contribution in [0.2, 0.25) is 0 Å². The molecule has 23 heavy (non-hydrogen) atoms. The number of ether oxygens (including phenoxy) is 1. The molecule has 2 rings (SSSR count). The van der Waals surface area contributed by atoms with Crippen LogP contribution in [0.25, 0.3) is 0 Å². The largest absolute Gasteiger partial charge is 0.433 e. The zero-order valence-electron chi connectivity index (χ0n) is 13.2. The molecule has 1 aromatic heterocycles. The Labute approximate surface area is 134 Å². The highest BCUT2D eigenvalue weighted by Crippen LogP contribution is 2.33. The van der Waals surface area contributed by atoms with E-state index in [1.165, 1.54) is 31.5 Å². The minimum atomic E-state index is -4.09. The maximum Gasteiger partial charge on any atom is 0.387 e. The van der Waals surface area contributed by atoms with Gasteiger partial charge in [-0.1, -0.05) is 26.8 Å². The van der Waals surface area contributed by atoms with Crippen molar-refractivity contribution in [3.63, 3.8) is 0 Å². The number of hydrogen-bond acceptors (Lipinski definition) is 4. The molecule has 0 aliphatic carbocycles. The van der Waals surface area contributed by atoms with Gasteiger partial charge in [-0.25, -0.2) is 17.4 Å². The van der Waals surface area contributed by atoms with Crippen molar-refractivity contribution in [3.05, 3.63) is 42.0 Å². The first-order chi connectivity index (χ1) is 10.5. The van der Waals surface area contributed by atoms with Crippen LogP contribution in [0.4, 0.5) is 8.78 Å². The second kappa shape index (κ2) is 5.92. The number of aromatic nitrogens is 2. The Bertz CT molecular complexity index is 808. The van der Waals surface area contributed by atoms with Gasteiger partial charge in [0.05, 0.1) is 0 Å². The van der Waals surface area contributed by atoms with Gasteiger partial charge in [-0.2, -0.15) is 8.78 Å². The van der Waals surface area contributed by atoms with Crippen LogP contribution in [0.3, 0.4) is 0 Å². The molecule has 0 N–H and O–H groups in total.